The third-order valence-electron chi connectivity index (χ3n) is 3.70. The predicted octanol–water partition coefficient (Wildman–Crippen LogP) is 3.67. The summed E-state index contributed by atoms with van der Waals surface area (Å²) in [4.78, 5) is 23.0. The number of benzene rings is 2. The molecule has 0 unspecified atom stereocenters. The van der Waals surface area contributed by atoms with Gasteiger partial charge < -0.3 is 14.8 Å². The second-order valence-electron chi connectivity index (χ2n) is 5.44. The molecule has 27 heavy (non-hydrogen) atoms. The van der Waals surface area contributed by atoms with Crippen LogP contribution in [0.5, 0.6) is 11.5 Å². The number of carbonyl (C=O) groups excluding carboxylic acids is 1. The van der Waals surface area contributed by atoms with Gasteiger partial charge in [-0.25, -0.2) is 0 Å². The van der Waals surface area contributed by atoms with Crippen molar-refractivity contribution in [1.82, 2.24) is 5.32 Å². The number of hydrogen-bond donors (Lipinski definition) is 1. The quantitative estimate of drug-likeness (QED) is 0.341. The summed E-state index contributed by atoms with van der Waals surface area (Å²) >= 11 is 6.16. The van der Waals surface area contributed by atoms with Crippen LogP contribution in [0.3, 0.4) is 0 Å². The normalized spacial score (nSPS) is 14.9. The Morgan fingerprint density at radius 2 is 2.04 bits per heavy atom. The van der Waals surface area contributed by atoms with Gasteiger partial charge in [-0.3, -0.25) is 14.9 Å². The van der Waals surface area contributed by atoms with Crippen molar-refractivity contribution in [1.29, 1.82) is 0 Å². The van der Waals surface area contributed by atoms with E-state index in [9.17, 15) is 14.9 Å². The number of para-hydroxylation sites is 1. The van der Waals surface area contributed by atoms with Crippen molar-refractivity contribution in [2.45, 2.75) is 6.61 Å². The molecule has 1 aliphatic heterocycles. The number of rotatable bonds is 6. The summed E-state index contributed by atoms with van der Waals surface area (Å²) in [5, 5.41) is 13.7. The van der Waals surface area contributed by atoms with Crippen LogP contribution >= 0.6 is 24.0 Å². The number of nitrogens with one attached hydrogen (secondary N) is 1. The first-order chi connectivity index (χ1) is 13.0. The third-order valence-corrected chi connectivity index (χ3v) is 4.86. The van der Waals surface area contributed by atoms with Gasteiger partial charge in [0.25, 0.3) is 11.6 Å². The third kappa shape index (κ3) is 4.44. The summed E-state index contributed by atoms with van der Waals surface area (Å²) in [6.07, 6.45) is 1.69. The zero-order valence-corrected chi connectivity index (χ0v) is 15.8. The summed E-state index contributed by atoms with van der Waals surface area (Å²) in [5.41, 5.74) is 1.15. The lowest BCUT2D eigenvalue weighted by atomic mass is 10.1. The number of nitrogens with zero attached hydrogens (tertiary/aromatic N) is 1. The molecule has 138 valence electrons. The van der Waals surface area contributed by atoms with Gasteiger partial charge in [0.1, 0.15) is 10.9 Å². The molecule has 1 amide bonds. The van der Waals surface area contributed by atoms with E-state index < -0.39 is 4.92 Å². The Morgan fingerprint density at radius 1 is 1.26 bits per heavy atom. The molecule has 0 atom stereocenters. The highest BCUT2D eigenvalue weighted by Crippen LogP contribution is 2.32. The largest absolute Gasteiger partial charge is 0.493 e. The van der Waals surface area contributed by atoms with E-state index in [1.54, 1.807) is 42.5 Å². The summed E-state index contributed by atoms with van der Waals surface area (Å²) in [5.74, 6) is 0.647. The number of nitro groups is 1. The zero-order chi connectivity index (χ0) is 19.4. The van der Waals surface area contributed by atoms with Crippen LogP contribution in [0.25, 0.3) is 6.08 Å². The molecule has 2 aromatic carbocycles. The van der Waals surface area contributed by atoms with Gasteiger partial charge in [0.15, 0.2) is 11.5 Å². The van der Waals surface area contributed by atoms with Crippen LogP contribution in [0.2, 0.25) is 0 Å². The number of thioether (sulfide) groups is 1. The van der Waals surface area contributed by atoms with Crippen LogP contribution in [0.15, 0.2) is 47.4 Å². The second kappa shape index (κ2) is 8.19. The molecule has 1 heterocycles. The number of carbonyl (C=O) groups is 1. The smallest absolute Gasteiger partial charge is 0.276 e. The first-order valence-corrected chi connectivity index (χ1v) is 8.98. The van der Waals surface area contributed by atoms with E-state index in [4.69, 9.17) is 21.7 Å². The van der Waals surface area contributed by atoms with Crippen molar-refractivity contribution in [3.63, 3.8) is 0 Å². The standard InChI is InChI=1S/C18H14N2O5S2/c1-24-14-7-6-11(9-16-17(21)19-18(26)27-16)8-15(14)25-10-12-4-2-3-5-13(12)20(22)23/h2-9H,10H2,1H3,(H,19,21,26)/b16-9-. The van der Waals surface area contributed by atoms with E-state index in [0.29, 0.717) is 26.3 Å². The van der Waals surface area contributed by atoms with Crippen LogP contribution in [-0.4, -0.2) is 22.3 Å². The number of thiocarbonyl (C=S) groups is 1. The lowest BCUT2D eigenvalue weighted by Crippen LogP contribution is -2.17. The number of methoxy groups -OCH3 is 1. The number of hydrogen-bond acceptors (Lipinski definition) is 7. The molecule has 0 radical (unpaired) electrons. The topological polar surface area (TPSA) is 90.7 Å². The molecule has 1 N–H and O–H groups in total. The lowest BCUT2D eigenvalue weighted by molar-refractivity contribution is -0.385. The van der Waals surface area contributed by atoms with Gasteiger partial charge in [0, 0.05) is 6.07 Å². The average molecular weight is 402 g/mol. The highest BCUT2D eigenvalue weighted by molar-refractivity contribution is 8.26. The first-order valence-electron chi connectivity index (χ1n) is 7.76. The van der Waals surface area contributed by atoms with E-state index in [1.807, 2.05) is 0 Å². The Kier molecular flexibility index (Phi) is 5.72. The maximum Gasteiger partial charge on any atom is 0.276 e. The van der Waals surface area contributed by atoms with Crippen LogP contribution in [0, 0.1) is 10.1 Å². The minimum absolute atomic E-state index is 0.00681. The number of nitro benzene ring substituents is 1. The van der Waals surface area contributed by atoms with Gasteiger partial charge >= 0.3 is 0 Å². The first kappa shape index (κ1) is 18.9. The molecule has 0 saturated carbocycles. The fourth-order valence-corrected chi connectivity index (χ4v) is 3.48. The van der Waals surface area contributed by atoms with E-state index in [1.165, 1.54) is 24.9 Å². The van der Waals surface area contributed by atoms with Crippen molar-refractivity contribution in [2.24, 2.45) is 0 Å². The molecule has 2 aromatic rings. The molecular formula is C18H14N2O5S2. The molecule has 0 bridgehead atoms. The maximum absolute atomic E-state index is 11.8. The minimum Gasteiger partial charge on any atom is -0.493 e. The summed E-state index contributed by atoms with van der Waals surface area (Å²) in [7, 11) is 1.50. The van der Waals surface area contributed by atoms with E-state index >= 15 is 0 Å². The zero-order valence-electron chi connectivity index (χ0n) is 14.1. The van der Waals surface area contributed by atoms with E-state index in [0.717, 1.165) is 5.56 Å². The Balaban J connectivity index is 1.85. The van der Waals surface area contributed by atoms with Crippen LogP contribution < -0.4 is 14.8 Å². The van der Waals surface area contributed by atoms with Gasteiger partial charge in [-0.2, -0.15) is 0 Å². The number of ether oxygens (including phenoxy) is 2. The monoisotopic (exact) mass is 402 g/mol. The predicted molar refractivity (Wildman–Crippen MR) is 107 cm³/mol. The average Bonchev–Trinajstić information content (AvgIpc) is 2.97. The Bertz CT molecular complexity index is 959. The SMILES string of the molecule is COc1ccc(/C=C2\SC(=S)NC2=O)cc1OCc1ccccc1[N+](=O)[O-]. The van der Waals surface area contributed by atoms with Crippen LogP contribution in [0.4, 0.5) is 5.69 Å². The molecular weight excluding hydrogens is 388 g/mol. The van der Waals surface area contributed by atoms with Crippen molar-refractivity contribution in [3.05, 3.63) is 68.6 Å². The van der Waals surface area contributed by atoms with Crippen molar-refractivity contribution in [2.75, 3.05) is 7.11 Å². The molecule has 1 aliphatic rings. The van der Waals surface area contributed by atoms with Gasteiger partial charge in [-0.05, 0) is 29.8 Å². The van der Waals surface area contributed by atoms with Crippen LogP contribution in [0.1, 0.15) is 11.1 Å². The van der Waals surface area contributed by atoms with E-state index in [-0.39, 0.29) is 18.2 Å². The van der Waals surface area contributed by atoms with Crippen molar-refractivity contribution < 1.29 is 19.2 Å². The van der Waals surface area contributed by atoms with Crippen LogP contribution in [-0.2, 0) is 11.4 Å². The Morgan fingerprint density at radius 3 is 2.70 bits per heavy atom. The van der Waals surface area contributed by atoms with Crippen molar-refractivity contribution >= 4 is 46.0 Å². The molecule has 1 saturated heterocycles. The molecule has 1 fully saturated rings. The van der Waals surface area contributed by atoms with E-state index in [2.05, 4.69) is 5.32 Å². The summed E-state index contributed by atoms with van der Waals surface area (Å²) < 4.78 is 11.5. The molecule has 7 nitrogen and oxygen atoms in total. The fraction of sp³-hybridized carbons (Fsp3) is 0.111. The Labute approximate surface area is 164 Å². The van der Waals surface area contributed by atoms with Gasteiger partial charge in [-0.15, -0.1) is 0 Å². The Hall–Kier alpha value is -2.91. The lowest BCUT2D eigenvalue weighted by Gasteiger charge is -2.12. The molecule has 3 rings (SSSR count). The maximum atomic E-state index is 11.8. The molecule has 0 aromatic heterocycles. The summed E-state index contributed by atoms with van der Waals surface area (Å²) in [6, 6.07) is 11.6. The molecule has 0 spiro atoms. The van der Waals surface area contributed by atoms with Gasteiger partial charge in [-0.1, -0.05) is 42.2 Å². The highest BCUT2D eigenvalue weighted by Gasteiger charge is 2.22. The molecule has 0 aliphatic carbocycles. The number of amides is 1. The minimum atomic E-state index is -0.449. The highest BCUT2D eigenvalue weighted by atomic mass is 32.2. The van der Waals surface area contributed by atoms with Gasteiger partial charge in [0.05, 0.1) is 22.5 Å². The second-order valence-corrected chi connectivity index (χ2v) is 7.16. The van der Waals surface area contributed by atoms with Gasteiger partial charge in [0.2, 0.25) is 0 Å². The summed E-state index contributed by atoms with van der Waals surface area (Å²) in [6.45, 7) is 0.00681. The molecule has 9 heteroatoms. The van der Waals surface area contributed by atoms with Crippen molar-refractivity contribution in [3.8, 4) is 11.5 Å². The fourth-order valence-electron chi connectivity index (χ4n) is 2.43.